The monoisotopic (exact) mass is 364 g/mol. The number of hydrogen-bond donors (Lipinski definition) is 1. The first kappa shape index (κ1) is 16.0. The number of aromatic amines is 1. The standard InChI is InChI=1S/C19H20N6O2/c26-17-12-15(21-25(17)14-4-2-1-3-5-14)19(27)23-9-8-16-20-18(13-6-7-13)22-24(16)11-10-23/h1-5,12-13,21H,6-11H2. The number of hydrogen-bond acceptors (Lipinski definition) is 4. The summed E-state index contributed by atoms with van der Waals surface area (Å²) in [5.41, 5.74) is 0.757. The second-order valence-electron chi connectivity index (χ2n) is 7.10. The predicted molar refractivity (Wildman–Crippen MR) is 98.0 cm³/mol. The molecule has 1 N–H and O–H groups in total. The van der Waals surface area contributed by atoms with Gasteiger partial charge in [0.25, 0.3) is 11.5 Å². The summed E-state index contributed by atoms with van der Waals surface area (Å²) in [5.74, 6) is 2.26. The number of nitrogens with zero attached hydrogens (tertiary/aromatic N) is 5. The van der Waals surface area contributed by atoms with Crippen LogP contribution in [0.25, 0.3) is 5.69 Å². The van der Waals surface area contributed by atoms with Crippen molar-refractivity contribution < 1.29 is 4.79 Å². The maximum Gasteiger partial charge on any atom is 0.272 e. The van der Waals surface area contributed by atoms with Crippen LogP contribution in [0.5, 0.6) is 0 Å². The van der Waals surface area contributed by atoms with Crippen LogP contribution in [0.4, 0.5) is 0 Å². The molecular weight excluding hydrogens is 344 g/mol. The number of nitrogens with one attached hydrogen (secondary N) is 1. The van der Waals surface area contributed by atoms with Gasteiger partial charge in [0.15, 0.2) is 5.82 Å². The smallest absolute Gasteiger partial charge is 0.272 e. The van der Waals surface area contributed by atoms with E-state index in [2.05, 4.69) is 15.2 Å². The lowest BCUT2D eigenvalue weighted by Gasteiger charge is -2.18. The summed E-state index contributed by atoms with van der Waals surface area (Å²) in [4.78, 5) is 31.6. The van der Waals surface area contributed by atoms with Gasteiger partial charge in [0.05, 0.1) is 12.2 Å². The Morgan fingerprint density at radius 3 is 2.70 bits per heavy atom. The predicted octanol–water partition coefficient (Wildman–Crippen LogP) is 1.33. The molecule has 0 spiro atoms. The van der Waals surface area contributed by atoms with Gasteiger partial charge < -0.3 is 4.90 Å². The van der Waals surface area contributed by atoms with Crippen molar-refractivity contribution in [1.82, 2.24) is 29.4 Å². The number of amides is 1. The number of H-pyrrole nitrogens is 1. The van der Waals surface area contributed by atoms with Crippen molar-refractivity contribution in [3.05, 3.63) is 64.1 Å². The lowest BCUT2D eigenvalue weighted by molar-refractivity contribution is 0.0752. The molecule has 0 atom stereocenters. The molecule has 1 fully saturated rings. The topological polar surface area (TPSA) is 88.8 Å². The summed E-state index contributed by atoms with van der Waals surface area (Å²) in [6.07, 6.45) is 3.04. The number of aromatic nitrogens is 5. The van der Waals surface area contributed by atoms with Crippen molar-refractivity contribution in [1.29, 1.82) is 0 Å². The summed E-state index contributed by atoms with van der Waals surface area (Å²) in [6, 6.07) is 10.6. The van der Waals surface area contributed by atoms with E-state index in [1.165, 1.54) is 23.6 Å². The molecule has 8 nitrogen and oxygen atoms in total. The van der Waals surface area contributed by atoms with Crippen molar-refractivity contribution >= 4 is 5.91 Å². The van der Waals surface area contributed by atoms with Gasteiger partial charge in [-0.2, -0.15) is 5.10 Å². The Kier molecular flexibility index (Phi) is 3.70. The average molecular weight is 364 g/mol. The van der Waals surface area contributed by atoms with Crippen molar-refractivity contribution in [3.63, 3.8) is 0 Å². The molecule has 1 aliphatic carbocycles. The van der Waals surface area contributed by atoms with Crippen LogP contribution in [0.15, 0.2) is 41.2 Å². The van der Waals surface area contributed by atoms with E-state index in [4.69, 9.17) is 0 Å². The van der Waals surface area contributed by atoms with E-state index in [0.29, 0.717) is 43.4 Å². The van der Waals surface area contributed by atoms with Crippen LogP contribution in [0.1, 0.15) is 40.9 Å². The van der Waals surface area contributed by atoms with Gasteiger partial charge in [-0.25, -0.2) is 14.3 Å². The zero-order valence-corrected chi connectivity index (χ0v) is 14.8. The van der Waals surface area contributed by atoms with Crippen molar-refractivity contribution in [3.8, 4) is 5.69 Å². The molecule has 3 heterocycles. The average Bonchev–Trinajstić information content (AvgIpc) is 3.40. The molecule has 2 aliphatic rings. The number of para-hydroxylation sites is 1. The molecule has 5 rings (SSSR count). The third-order valence-electron chi connectivity index (χ3n) is 5.15. The summed E-state index contributed by atoms with van der Waals surface area (Å²) in [5, 5.41) is 7.54. The van der Waals surface area contributed by atoms with Crippen LogP contribution < -0.4 is 5.56 Å². The minimum atomic E-state index is -0.247. The largest absolute Gasteiger partial charge is 0.335 e. The molecule has 8 heteroatoms. The van der Waals surface area contributed by atoms with Gasteiger partial charge in [0.1, 0.15) is 11.5 Å². The molecule has 0 saturated heterocycles. The lowest BCUT2D eigenvalue weighted by Crippen LogP contribution is -2.34. The van der Waals surface area contributed by atoms with Crippen molar-refractivity contribution in [2.45, 2.75) is 31.7 Å². The minimum Gasteiger partial charge on any atom is -0.335 e. The van der Waals surface area contributed by atoms with Crippen LogP contribution in [0, 0.1) is 0 Å². The maximum absolute atomic E-state index is 12.9. The van der Waals surface area contributed by atoms with E-state index in [9.17, 15) is 9.59 Å². The Morgan fingerprint density at radius 2 is 1.93 bits per heavy atom. The van der Waals surface area contributed by atoms with Crippen molar-refractivity contribution in [2.24, 2.45) is 0 Å². The third-order valence-corrected chi connectivity index (χ3v) is 5.15. The fourth-order valence-corrected chi connectivity index (χ4v) is 3.48. The first-order valence-corrected chi connectivity index (χ1v) is 9.29. The number of carbonyl (C=O) groups is 1. The number of rotatable bonds is 3. The number of benzene rings is 1. The Labute approximate surface area is 155 Å². The zero-order chi connectivity index (χ0) is 18.4. The molecule has 27 heavy (non-hydrogen) atoms. The molecule has 1 aromatic carbocycles. The van der Waals surface area contributed by atoms with E-state index in [1.54, 1.807) is 4.90 Å². The molecule has 0 unspecified atom stereocenters. The van der Waals surface area contributed by atoms with Gasteiger partial charge >= 0.3 is 0 Å². The van der Waals surface area contributed by atoms with Crippen molar-refractivity contribution in [2.75, 3.05) is 13.1 Å². The molecule has 3 aromatic rings. The normalized spacial score (nSPS) is 16.8. The molecule has 2 aromatic heterocycles. The second kappa shape index (κ2) is 6.22. The summed E-state index contributed by atoms with van der Waals surface area (Å²) in [6.45, 7) is 1.75. The highest BCUT2D eigenvalue weighted by molar-refractivity contribution is 5.92. The van der Waals surface area contributed by atoms with Crippen LogP contribution in [-0.4, -0.2) is 48.4 Å². The van der Waals surface area contributed by atoms with Gasteiger partial charge in [-0.3, -0.25) is 14.7 Å². The zero-order valence-electron chi connectivity index (χ0n) is 14.8. The van der Waals surface area contributed by atoms with E-state index >= 15 is 0 Å². The fourth-order valence-electron chi connectivity index (χ4n) is 3.48. The first-order chi connectivity index (χ1) is 13.2. The Morgan fingerprint density at radius 1 is 1.11 bits per heavy atom. The highest BCUT2D eigenvalue weighted by Gasteiger charge is 2.30. The second-order valence-corrected chi connectivity index (χ2v) is 7.10. The quantitative estimate of drug-likeness (QED) is 0.759. The SMILES string of the molecule is O=C(c1cc(=O)n(-c2ccccc2)[nH]1)N1CCc2nc(C3CC3)nn2CC1. The number of carbonyl (C=O) groups excluding carboxylic acids is 1. The molecule has 138 valence electrons. The van der Waals surface area contributed by atoms with E-state index < -0.39 is 0 Å². The number of fused-ring (bicyclic) bond motifs is 1. The van der Waals surface area contributed by atoms with Gasteiger partial charge in [-0.15, -0.1) is 0 Å². The maximum atomic E-state index is 12.9. The van der Waals surface area contributed by atoms with Crippen LogP contribution in [0.2, 0.25) is 0 Å². The van der Waals surface area contributed by atoms with E-state index in [1.807, 2.05) is 35.0 Å². The van der Waals surface area contributed by atoms with Crippen LogP contribution in [0.3, 0.4) is 0 Å². The minimum absolute atomic E-state index is 0.171. The summed E-state index contributed by atoms with van der Waals surface area (Å²) < 4.78 is 3.32. The highest BCUT2D eigenvalue weighted by Crippen LogP contribution is 2.38. The molecule has 0 radical (unpaired) electrons. The lowest BCUT2D eigenvalue weighted by atomic mass is 10.3. The summed E-state index contributed by atoms with van der Waals surface area (Å²) >= 11 is 0. The Hall–Kier alpha value is -3.16. The van der Waals surface area contributed by atoms with Gasteiger partial charge in [-0.1, -0.05) is 18.2 Å². The molecule has 1 amide bonds. The van der Waals surface area contributed by atoms with Gasteiger partial charge in [-0.05, 0) is 25.0 Å². The molecule has 0 bridgehead atoms. The van der Waals surface area contributed by atoms with E-state index in [-0.39, 0.29) is 11.5 Å². The molecular formula is C19H20N6O2. The van der Waals surface area contributed by atoms with Crippen LogP contribution in [-0.2, 0) is 13.0 Å². The highest BCUT2D eigenvalue weighted by atomic mass is 16.2. The summed E-state index contributed by atoms with van der Waals surface area (Å²) in [7, 11) is 0. The third kappa shape index (κ3) is 2.97. The first-order valence-electron chi connectivity index (χ1n) is 9.29. The van der Waals surface area contributed by atoms with Gasteiger partial charge in [0, 0.05) is 31.5 Å². The fraction of sp³-hybridized carbons (Fsp3) is 0.368. The molecule has 1 saturated carbocycles. The van der Waals surface area contributed by atoms with Gasteiger partial charge in [0.2, 0.25) is 0 Å². The van der Waals surface area contributed by atoms with Crippen LogP contribution >= 0.6 is 0 Å². The van der Waals surface area contributed by atoms with E-state index in [0.717, 1.165) is 11.6 Å². The Balaban J connectivity index is 1.34. The molecule has 1 aliphatic heterocycles. The Bertz CT molecular complexity index is 1020.